The van der Waals surface area contributed by atoms with Gasteiger partial charge in [-0.25, -0.2) is 4.98 Å². The van der Waals surface area contributed by atoms with Crippen molar-refractivity contribution in [2.75, 3.05) is 42.3 Å². The fourth-order valence-corrected chi connectivity index (χ4v) is 3.30. The number of aromatic nitrogens is 2. The van der Waals surface area contributed by atoms with Crippen LogP contribution in [0.15, 0.2) is 24.4 Å². The van der Waals surface area contributed by atoms with Crippen LogP contribution < -0.4 is 15.1 Å². The largest absolute Gasteiger partial charge is 0.361 e. The van der Waals surface area contributed by atoms with Crippen LogP contribution >= 0.6 is 0 Å². The molecule has 3 rings (SSSR count). The maximum atomic E-state index is 12.7. The van der Waals surface area contributed by atoms with Crippen LogP contribution in [0.4, 0.5) is 17.5 Å². The van der Waals surface area contributed by atoms with E-state index in [0.29, 0.717) is 11.3 Å². The molecule has 0 unspecified atom stereocenters. The summed E-state index contributed by atoms with van der Waals surface area (Å²) in [6.45, 7) is 5.94. The van der Waals surface area contributed by atoms with E-state index < -0.39 is 0 Å². The number of benzene rings is 1. The summed E-state index contributed by atoms with van der Waals surface area (Å²) >= 11 is 0. The number of nitrogens with zero attached hydrogens (tertiary/aromatic N) is 4. The standard InChI is InChI=1S/C20H27N5O/c1-14-8-9-16(15(2)12-14)19(26)22-17-13-21-20(23-18(17)24(3)4)25-10-6-5-7-11-25/h8-9,12-13H,5-7,10-11H2,1-4H3,(H,22,26). The average Bonchev–Trinajstić information content (AvgIpc) is 2.62. The van der Waals surface area contributed by atoms with E-state index in [1.54, 1.807) is 6.20 Å². The number of carbonyl (C=O) groups is 1. The molecule has 1 aliphatic heterocycles. The number of amides is 1. The zero-order chi connectivity index (χ0) is 18.7. The number of rotatable bonds is 4. The van der Waals surface area contributed by atoms with E-state index in [2.05, 4.69) is 15.2 Å². The second kappa shape index (κ2) is 7.72. The first-order valence-electron chi connectivity index (χ1n) is 9.13. The van der Waals surface area contributed by atoms with Crippen LogP contribution in [0.1, 0.15) is 40.7 Å². The Morgan fingerprint density at radius 1 is 1.15 bits per heavy atom. The topological polar surface area (TPSA) is 61.4 Å². The van der Waals surface area contributed by atoms with Crippen LogP contribution in [0.2, 0.25) is 0 Å². The highest BCUT2D eigenvalue weighted by Crippen LogP contribution is 2.26. The van der Waals surface area contributed by atoms with Gasteiger partial charge in [0.2, 0.25) is 5.95 Å². The number of carbonyl (C=O) groups excluding carboxylic acids is 1. The van der Waals surface area contributed by atoms with E-state index >= 15 is 0 Å². The molecule has 6 heteroatoms. The summed E-state index contributed by atoms with van der Waals surface area (Å²) in [4.78, 5) is 26.0. The van der Waals surface area contributed by atoms with Crippen LogP contribution in [0.3, 0.4) is 0 Å². The summed E-state index contributed by atoms with van der Waals surface area (Å²) < 4.78 is 0. The van der Waals surface area contributed by atoms with E-state index in [-0.39, 0.29) is 5.91 Å². The summed E-state index contributed by atoms with van der Waals surface area (Å²) in [5.41, 5.74) is 3.39. The predicted octanol–water partition coefficient (Wildman–Crippen LogP) is 3.40. The molecule has 1 saturated heterocycles. The molecule has 1 aliphatic rings. The molecule has 0 aliphatic carbocycles. The number of piperidine rings is 1. The Hall–Kier alpha value is -2.63. The van der Waals surface area contributed by atoms with Crippen molar-refractivity contribution in [3.05, 3.63) is 41.1 Å². The van der Waals surface area contributed by atoms with Crippen LogP contribution in [0.25, 0.3) is 0 Å². The number of nitrogens with one attached hydrogen (secondary N) is 1. The highest BCUT2D eigenvalue weighted by atomic mass is 16.1. The monoisotopic (exact) mass is 353 g/mol. The molecule has 138 valence electrons. The smallest absolute Gasteiger partial charge is 0.256 e. The minimum Gasteiger partial charge on any atom is -0.361 e. The van der Waals surface area contributed by atoms with Crippen LogP contribution in [-0.2, 0) is 0 Å². The molecule has 2 heterocycles. The molecular weight excluding hydrogens is 326 g/mol. The Bertz CT molecular complexity index is 797. The summed E-state index contributed by atoms with van der Waals surface area (Å²) in [5, 5.41) is 2.97. The Morgan fingerprint density at radius 3 is 2.54 bits per heavy atom. The average molecular weight is 353 g/mol. The van der Waals surface area contributed by atoms with E-state index in [4.69, 9.17) is 4.98 Å². The Kier molecular flexibility index (Phi) is 5.40. The first-order valence-corrected chi connectivity index (χ1v) is 9.13. The van der Waals surface area contributed by atoms with Gasteiger partial charge in [-0.3, -0.25) is 4.79 Å². The molecule has 2 aromatic rings. The van der Waals surface area contributed by atoms with E-state index in [1.165, 1.54) is 19.3 Å². The molecule has 1 N–H and O–H groups in total. The first kappa shape index (κ1) is 18.2. The van der Waals surface area contributed by atoms with Gasteiger partial charge in [-0.2, -0.15) is 4.98 Å². The lowest BCUT2D eigenvalue weighted by atomic mass is 10.1. The SMILES string of the molecule is Cc1ccc(C(=O)Nc2cnc(N3CCCCC3)nc2N(C)C)c(C)c1. The van der Waals surface area contributed by atoms with Gasteiger partial charge >= 0.3 is 0 Å². The molecule has 1 fully saturated rings. The van der Waals surface area contributed by atoms with E-state index in [0.717, 1.165) is 36.0 Å². The number of hydrogen-bond acceptors (Lipinski definition) is 5. The fraction of sp³-hybridized carbons (Fsp3) is 0.450. The van der Waals surface area contributed by atoms with Gasteiger partial charge in [0.15, 0.2) is 5.82 Å². The molecule has 1 amide bonds. The van der Waals surface area contributed by atoms with Gasteiger partial charge < -0.3 is 15.1 Å². The highest BCUT2D eigenvalue weighted by molar-refractivity contribution is 6.06. The second-order valence-corrected chi connectivity index (χ2v) is 7.12. The van der Waals surface area contributed by atoms with Crippen LogP contribution in [0.5, 0.6) is 0 Å². The third-order valence-corrected chi connectivity index (χ3v) is 4.69. The van der Waals surface area contributed by atoms with Crippen molar-refractivity contribution in [2.45, 2.75) is 33.1 Å². The molecule has 26 heavy (non-hydrogen) atoms. The molecule has 0 saturated carbocycles. The molecule has 1 aromatic heterocycles. The maximum absolute atomic E-state index is 12.7. The van der Waals surface area contributed by atoms with Gasteiger partial charge in [0.1, 0.15) is 5.69 Å². The fourth-order valence-electron chi connectivity index (χ4n) is 3.30. The molecule has 0 bridgehead atoms. The van der Waals surface area contributed by atoms with E-state index in [9.17, 15) is 4.79 Å². The zero-order valence-electron chi connectivity index (χ0n) is 16.0. The lowest BCUT2D eigenvalue weighted by Crippen LogP contribution is -2.31. The minimum atomic E-state index is -0.139. The Balaban J connectivity index is 1.85. The molecule has 0 spiro atoms. The highest BCUT2D eigenvalue weighted by Gasteiger charge is 2.18. The van der Waals surface area contributed by atoms with Gasteiger partial charge in [0, 0.05) is 32.7 Å². The van der Waals surface area contributed by atoms with Crippen LogP contribution in [-0.4, -0.2) is 43.1 Å². The van der Waals surface area contributed by atoms with Crippen molar-refractivity contribution < 1.29 is 4.79 Å². The first-order chi connectivity index (χ1) is 12.5. The normalized spacial score (nSPS) is 14.2. The molecule has 0 radical (unpaired) electrons. The zero-order valence-corrected chi connectivity index (χ0v) is 16.0. The number of anilines is 3. The summed E-state index contributed by atoms with van der Waals surface area (Å²) in [7, 11) is 3.85. The summed E-state index contributed by atoms with van der Waals surface area (Å²) in [6.07, 6.45) is 5.33. The van der Waals surface area contributed by atoms with Gasteiger partial charge in [-0.05, 0) is 44.7 Å². The molecule has 1 aromatic carbocycles. The lowest BCUT2D eigenvalue weighted by Gasteiger charge is -2.28. The third-order valence-electron chi connectivity index (χ3n) is 4.69. The summed E-state index contributed by atoms with van der Waals surface area (Å²) in [6, 6.07) is 5.82. The minimum absolute atomic E-state index is 0.139. The number of aryl methyl sites for hydroxylation is 2. The van der Waals surface area contributed by atoms with Crippen molar-refractivity contribution in [1.82, 2.24) is 9.97 Å². The van der Waals surface area contributed by atoms with E-state index in [1.807, 2.05) is 51.0 Å². The van der Waals surface area contributed by atoms with Gasteiger partial charge in [0.25, 0.3) is 5.91 Å². The van der Waals surface area contributed by atoms with Gasteiger partial charge in [-0.1, -0.05) is 17.7 Å². The maximum Gasteiger partial charge on any atom is 0.256 e. The van der Waals surface area contributed by atoms with Crippen molar-refractivity contribution in [3.8, 4) is 0 Å². The number of hydrogen-bond donors (Lipinski definition) is 1. The van der Waals surface area contributed by atoms with Crippen molar-refractivity contribution >= 4 is 23.4 Å². The Labute approximate surface area is 155 Å². The molecule has 0 atom stereocenters. The Morgan fingerprint density at radius 2 is 1.88 bits per heavy atom. The third kappa shape index (κ3) is 3.95. The van der Waals surface area contributed by atoms with Gasteiger partial charge in [-0.15, -0.1) is 0 Å². The summed E-state index contributed by atoms with van der Waals surface area (Å²) in [5.74, 6) is 1.32. The van der Waals surface area contributed by atoms with Crippen LogP contribution in [0, 0.1) is 13.8 Å². The van der Waals surface area contributed by atoms with Gasteiger partial charge in [0.05, 0.1) is 6.20 Å². The molecular formula is C20H27N5O. The van der Waals surface area contributed by atoms with Crippen molar-refractivity contribution in [2.24, 2.45) is 0 Å². The lowest BCUT2D eigenvalue weighted by molar-refractivity contribution is 0.102. The quantitative estimate of drug-likeness (QED) is 0.913. The van der Waals surface area contributed by atoms with Crippen molar-refractivity contribution in [3.63, 3.8) is 0 Å². The second-order valence-electron chi connectivity index (χ2n) is 7.12. The van der Waals surface area contributed by atoms with Crippen molar-refractivity contribution in [1.29, 1.82) is 0 Å². The molecule has 6 nitrogen and oxygen atoms in total. The predicted molar refractivity (Wildman–Crippen MR) is 106 cm³/mol.